The molecule has 4 aromatic rings. The minimum atomic E-state index is -0.265. The van der Waals surface area contributed by atoms with Gasteiger partial charge in [-0.25, -0.2) is 4.98 Å². The third-order valence-electron chi connectivity index (χ3n) is 4.93. The van der Waals surface area contributed by atoms with Crippen LogP contribution in [0.5, 0.6) is 17.2 Å². The molecule has 2 heterocycles. The summed E-state index contributed by atoms with van der Waals surface area (Å²) < 4.78 is 17.0. The Labute approximate surface area is 179 Å². The number of para-hydroxylation sites is 1. The molecule has 0 spiro atoms. The first-order valence-electron chi connectivity index (χ1n) is 10.0. The van der Waals surface area contributed by atoms with Crippen LogP contribution in [-0.2, 0) is 4.79 Å². The Morgan fingerprint density at radius 1 is 0.903 bits per heavy atom. The number of rotatable bonds is 5. The Balaban J connectivity index is 1.35. The normalized spacial score (nSPS) is 12.4. The lowest BCUT2D eigenvalue weighted by Gasteiger charge is -2.19. The molecule has 0 unspecified atom stereocenters. The minimum absolute atomic E-state index is 0.128. The van der Waals surface area contributed by atoms with Crippen LogP contribution in [0.3, 0.4) is 0 Å². The monoisotopic (exact) mass is 412 g/mol. The number of pyridine rings is 1. The summed E-state index contributed by atoms with van der Waals surface area (Å²) in [7, 11) is 0. The summed E-state index contributed by atoms with van der Waals surface area (Å²) in [5.74, 6) is 1.65. The van der Waals surface area contributed by atoms with E-state index in [4.69, 9.17) is 19.2 Å². The largest absolute Gasteiger partial charge is 0.486 e. The van der Waals surface area contributed by atoms with Crippen LogP contribution in [0.1, 0.15) is 0 Å². The van der Waals surface area contributed by atoms with Crippen molar-refractivity contribution in [2.75, 3.05) is 25.1 Å². The number of hydrogen-bond acceptors (Lipinski definition) is 5. The van der Waals surface area contributed by atoms with Crippen LogP contribution in [0.2, 0.25) is 0 Å². The fourth-order valence-corrected chi connectivity index (χ4v) is 3.48. The fourth-order valence-electron chi connectivity index (χ4n) is 3.48. The zero-order chi connectivity index (χ0) is 21.0. The van der Waals surface area contributed by atoms with Crippen molar-refractivity contribution in [2.24, 2.45) is 0 Å². The molecule has 5 rings (SSSR count). The number of nitrogens with one attached hydrogen (secondary N) is 1. The van der Waals surface area contributed by atoms with Crippen molar-refractivity contribution in [3.8, 4) is 28.5 Å². The van der Waals surface area contributed by atoms with Gasteiger partial charge in [-0.15, -0.1) is 0 Å². The fraction of sp³-hybridized carbons (Fsp3) is 0.120. The average Bonchev–Trinajstić information content (AvgIpc) is 2.83. The molecule has 1 aliphatic heterocycles. The second-order valence-corrected chi connectivity index (χ2v) is 7.08. The first-order valence-corrected chi connectivity index (χ1v) is 10.0. The number of fused-ring (bicyclic) bond motifs is 2. The van der Waals surface area contributed by atoms with Crippen molar-refractivity contribution >= 4 is 22.5 Å². The maximum absolute atomic E-state index is 12.5. The number of ether oxygens (including phenoxy) is 3. The molecule has 0 aliphatic carbocycles. The molecule has 0 saturated carbocycles. The number of aromatic nitrogens is 1. The Kier molecular flexibility index (Phi) is 5.10. The van der Waals surface area contributed by atoms with Gasteiger partial charge in [0.2, 0.25) is 0 Å². The van der Waals surface area contributed by atoms with Gasteiger partial charge < -0.3 is 19.5 Å². The van der Waals surface area contributed by atoms with Crippen molar-refractivity contribution in [1.29, 1.82) is 0 Å². The molecule has 1 amide bonds. The molecule has 0 radical (unpaired) electrons. The third kappa shape index (κ3) is 4.14. The summed E-state index contributed by atoms with van der Waals surface area (Å²) >= 11 is 0. The van der Waals surface area contributed by atoms with E-state index in [1.54, 1.807) is 18.2 Å². The highest BCUT2D eigenvalue weighted by atomic mass is 16.6. The van der Waals surface area contributed by atoms with Crippen LogP contribution in [0.15, 0.2) is 78.9 Å². The maximum Gasteiger partial charge on any atom is 0.262 e. The van der Waals surface area contributed by atoms with Gasteiger partial charge in [-0.2, -0.15) is 0 Å². The van der Waals surface area contributed by atoms with E-state index >= 15 is 0 Å². The summed E-state index contributed by atoms with van der Waals surface area (Å²) in [5, 5.41) is 3.70. The van der Waals surface area contributed by atoms with E-state index in [1.807, 2.05) is 60.7 Å². The molecule has 1 aliphatic rings. The zero-order valence-corrected chi connectivity index (χ0v) is 16.7. The molecule has 1 aromatic heterocycles. The first kappa shape index (κ1) is 18.9. The van der Waals surface area contributed by atoms with Crippen LogP contribution in [0.25, 0.3) is 22.2 Å². The molecule has 154 valence electrons. The molecular formula is C25H20N2O4. The number of benzene rings is 3. The van der Waals surface area contributed by atoms with Gasteiger partial charge in [0.05, 0.1) is 11.2 Å². The van der Waals surface area contributed by atoms with E-state index in [0.717, 1.165) is 22.2 Å². The minimum Gasteiger partial charge on any atom is -0.486 e. The van der Waals surface area contributed by atoms with Gasteiger partial charge >= 0.3 is 0 Å². The predicted molar refractivity (Wildman–Crippen MR) is 119 cm³/mol. The SMILES string of the molecule is O=C(COc1cc(-c2ccccc2)nc2ccccc12)Nc1ccc2c(c1)OCCO2. The molecule has 3 aromatic carbocycles. The lowest BCUT2D eigenvalue weighted by atomic mass is 10.1. The summed E-state index contributed by atoms with van der Waals surface area (Å²) in [6.45, 7) is 0.889. The van der Waals surface area contributed by atoms with Crippen molar-refractivity contribution in [1.82, 2.24) is 4.98 Å². The molecule has 6 heteroatoms. The molecule has 1 N–H and O–H groups in total. The molecular weight excluding hydrogens is 392 g/mol. The number of hydrogen-bond donors (Lipinski definition) is 1. The van der Waals surface area contributed by atoms with E-state index in [1.165, 1.54) is 0 Å². The van der Waals surface area contributed by atoms with E-state index in [-0.39, 0.29) is 12.5 Å². The highest BCUT2D eigenvalue weighted by Crippen LogP contribution is 2.33. The number of amides is 1. The van der Waals surface area contributed by atoms with Crippen molar-refractivity contribution in [3.05, 3.63) is 78.9 Å². The quantitative estimate of drug-likeness (QED) is 0.515. The summed E-state index contributed by atoms with van der Waals surface area (Å²) in [6.07, 6.45) is 0. The second kappa shape index (κ2) is 8.36. The maximum atomic E-state index is 12.5. The highest BCUT2D eigenvalue weighted by molar-refractivity contribution is 5.93. The molecule has 6 nitrogen and oxygen atoms in total. The van der Waals surface area contributed by atoms with E-state index < -0.39 is 0 Å². The topological polar surface area (TPSA) is 69.7 Å². The number of nitrogens with zero attached hydrogens (tertiary/aromatic N) is 1. The Morgan fingerprint density at radius 3 is 2.55 bits per heavy atom. The number of carbonyl (C=O) groups is 1. The van der Waals surface area contributed by atoms with E-state index in [0.29, 0.717) is 36.1 Å². The lowest BCUT2D eigenvalue weighted by Crippen LogP contribution is -2.21. The molecule has 31 heavy (non-hydrogen) atoms. The van der Waals surface area contributed by atoms with Crippen LogP contribution < -0.4 is 19.5 Å². The van der Waals surface area contributed by atoms with Gasteiger partial charge in [0.15, 0.2) is 18.1 Å². The Bertz CT molecular complexity index is 1240. The van der Waals surface area contributed by atoms with Gasteiger partial charge in [0.1, 0.15) is 19.0 Å². The van der Waals surface area contributed by atoms with Gasteiger partial charge in [-0.3, -0.25) is 4.79 Å². The second-order valence-electron chi connectivity index (χ2n) is 7.08. The lowest BCUT2D eigenvalue weighted by molar-refractivity contribution is -0.118. The van der Waals surface area contributed by atoms with Crippen molar-refractivity contribution in [2.45, 2.75) is 0 Å². The number of carbonyl (C=O) groups excluding carboxylic acids is 1. The summed E-state index contributed by atoms with van der Waals surface area (Å²) in [6, 6.07) is 24.8. The number of anilines is 1. The van der Waals surface area contributed by atoms with E-state index in [9.17, 15) is 4.79 Å². The van der Waals surface area contributed by atoms with Gasteiger partial charge in [0, 0.05) is 28.8 Å². The van der Waals surface area contributed by atoms with Crippen LogP contribution >= 0.6 is 0 Å². The van der Waals surface area contributed by atoms with Crippen molar-refractivity contribution < 1.29 is 19.0 Å². The average molecular weight is 412 g/mol. The Hall–Kier alpha value is -4.06. The summed E-state index contributed by atoms with van der Waals surface area (Å²) in [5.41, 5.74) is 3.22. The molecule has 0 atom stereocenters. The molecule has 0 bridgehead atoms. The molecule has 0 fully saturated rings. The summed E-state index contributed by atoms with van der Waals surface area (Å²) in [4.78, 5) is 17.3. The standard InChI is InChI=1S/C25H20N2O4/c28-25(26-18-10-11-22-24(14-18)30-13-12-29-22)16-31-23-15-21(17-6-2-1-3-7-17)27-20-9-5-4-8-19(20)23/h1-11,14-15H,12-13,16H2,(H,26,28). The third-order valence-corrected chi connectivity index (χ3v) is 4.93. The first-order chi connectivity index (χ1) is 15.3. The van der Waals surface area contributed by atoms with Crippen LogP contribution in [0.4, 0.5) is 5.69 Å². The highest BCUT2D eigenvalue weighted by Gasteiger charge is 2.14. The Morgan fingerprint density at radius 2 is 1.68 bits per heavy atom. The predicted octanol–water partition coefficient (Wildman–Crippen LogP) is 4.69. The van der Waals surface area contributed by atoms with Gasteiger partial charge in [-0.05, 0) is 24.3 Å². The van der Waals surface area contributed by atoms with Gasteiger partial charge in [-0.1, -0.05) is 42.5 Å². The van der Waals surface area contributed by atoms with Crippen molar-refractivity contribution in [3.63, 3.8) is 0 Å². The van der Waals surface area contributed by atoms with E-state index in [2.05, 4.69) is 5.32 Å². The molecule has 0 saturated heterocycles. The van der Waals surface area contributed by atoms with Crippen LogP contribution in [-0.4, -0.2) is 30.7 Å². The van der Waals surface area contributed by atoms with Crippen LogP contribution in [0, 0.1) is 0 Å². The zero-order valence-electron chi connectivity index (χ0n) is 16.7. The smallest absolute Gasteiger partial charge is 0.262 e. The van der Waals surface area contributed by atoms with Gasteiger partial charge in [0.25, 0.3) is 5.91 Å².